The SMILES string of the molecule is COc1cccc2sc(NC(=O)c3cc(S(=O)(=O)N4CCCC4)cn3C)nc12. The number of anilines is 1. The zero-order valence-electron chi connectivity index (χ0n) is 15.5. The molecule has 0 bridgehead atoms. The number of amides is 1. The van der Waals surface area contributed by atoms with Crippen LogP contribution in [0.1, 0.15) is 23.3 Å². The van der Waals surface area contributed by atoms with E-state index in [-0.39, 0.29) is 10.6 Å². The van der Waals surface area contributed by atoms with Gasteiger partial charge >= 0.3 is 0 Å². The Labute approximate surface area is 166 Å². The number of ether oxygens (including phenoxy) is 1. The number of hydrogen-bond donors (Lipinski definition) is 1. The second-order valence-corrected chi connectivity index (χ2v) is 9.53. The number of thiazole rings is 1. The largest absolute Gasteiger partial charge is 0.494 e. The molecule has 1 saturated heterocycles. The first-order valence-corrected chi connectivity index (χ1v) is 11.1. The van der Waals surface area contributed by atoms with Crippen LogP contribution < -0.4 is 10.1 Å². The summed E-state index contributed by atoms with van der Waals surface area (Å²) in [6.07, 6.45) is 3.20. The summed E-state index contributed by atoms with van der Waals surface area (Å²) in [5, 5.41) is 3.18. The minimum Gasteiger partial charge on any atom is -0.494 e. The molecule has 1 fully saturated rings. The second-order valence-electron chi connectivity index (χ2n) is 6.56. The van der Waals surface area contributed by atoms with Crippen LogP contribution >= 0.6 is 11.3 Å². The van der Waals surface area contributed by atoms with Gasteiger partial charge in [0.25, 0.3) is 5.91 Å². The van der Waals surface area contributed by atoms with Gasteiger partial charge in [-0.1, -0.05) is 17.4 Å². The maximum atomic E-state index is 12.7. The first-order valence-electron chi connectivity index (χ1n) is 8.81. The maximum absolute atomic E-state index is 12.7. The highest BCUT2D eigenvalue weighted by atomic mass is 32.2. The Kier molecular flexibility index (Phi) is 4.86. The minimum atomic E-state index is -3.57. The molecule has 3 aromatic rings. The van der Waals surface area contributed by atoms with Gasteiger partial charge in [-0.25, -0.2) is 13.4 Å². The summed E-state index contributed by atoms with van der Waals surface area (Å²) < 4.78 is 34.6. The predicted octanol–water partition coefficient (Wildman–Crippen LogP) is 2.68. The lowest BCUT2D eigenvalue weighted by Gasteiger charge is -2.13. The first kappa shape index (κ1) is 18.9. The number of nitrogens with one attached hydrogen (secondary N) is 1. The molecule has 4 rings (SSSR count). The van der Waals surface area contributed by atoms with Gasteiger partial charge in [-0.3, -0.25) is 10.1 Å². The average Bonchev–Trinajstić information content (AvgIpc) is 3.40. The molecule has 28 heavy (non-hydrogen) atoms. The van der Waals surface area contributed by atoms with E-state index >= 15 is 0 Å². The van der Waals surface area contributed by atoms with Crippen LogP contribution in [-0.4, -0.2) is 48.4 Å². The fourth-order valence-electron chi connectivity index (χ4n) is 3.28. The van der Waals surface area contributed by atoms with Gasteiger partial charge < -0.3 is 9.30 Å². The van der Waals surface area contributed by atoms with Crippen LogP contribution in [0.4, 0.5) is 5.13 Å². The molecule has 1 aromatic carbocycles. The van der Waals surface area contributed by atoms with Gasteiger partial charge in [0.05, 0.1) is 11.8 Å². The van der Waals surface area contributed by atoms with E-state index in [4.69, 9.17) is 4.74 Å². The van der Waals surface area contributed by atoms with Crippen molar-refractivity contribution >= 4 is 42.6 Å². The summed E-state index contributed by atoms with van der Waals surface area (Å²) in [7, 11) is -0.353. The van der Waals surface area contributed by atoms with Crippen molar-refractivity contribution in [3.8, 4) is 5.75 Å². The van der Waals surface area contributed by atoms with Gasteiger partial charge in [0.15, 0.2) is 5.13 Å². The topological polar surface area (TPSA) is 93.5 Å². The van der Waals surface area contributed by atoms with Crippen LogP contribution in [0, 0.1) is 0 Å². The van der Waals surface area contributed by atoms with E-state index < -0.39 is 15.9 Å². The number of methoxy groups -OCH3 is 1. The lowest BCUT2D eigenvalue weighted by Crippen LogP contribution is -2.27. The standard InChI is InChI=1S/C18H20N4O4S2/c1-21-11-12(28(24,25)22-8-3-4-9-22)10-13(21)17(23)20-18-19-16-14(26-2)6-5-7-15(16)27-18/h5-7,10-11H,3-4,8-9H2,1-2H3,(H,19,20,23). The van der Waals surface area contributed by atoms with Crippen LogP contribution in [0.3, 0.4) is 0 Å². The maximum Gasteiger partial charge on any atom is 0.274 e. The zero-order valence-corrected chi connectivity index (χ0v) is 17.1. The van der Waals surface area contributed by atoms with Crippen molar-refractivity contribution in [1.82, 2.24) is 13.9 Å². The number of rotatable bonds is 5. The molecular weight excluding hydrogens is 400 g/mol. The van der Waals surface area contributed by atoms with Gasteiger partial charge in [-0.2, -0.15) is 4.31 Å². The van der Waals surface area contributed by atoms with E-state index in [1.807, 2.05) is 12.1 Å². The van der Waals surface area contributed by atoms with Crippen molar-refractivity contribution in [3.63, 3.8) is 0 Å². The van der Waals surface area contributed by atoms with Crippen molar-refractivity contribution in [2.24, 2.45) is 7.05 Å². The number of carbonyl (C=O) groups excluding carboxylic acids is 1. The van der Waals surface area contributed by atoms with E-state index in [1.54, 1.807) is 20.2 Å². The average molecular weight is 421 g/mol. The molecule has 0 radical (unpaired) electrons. The Hall–Kier alpha value is -2.43. The van der Waals surface area contributed by atoms with Crippen molar-refractivity contribution in [3.05, 3.63) is 36.2 Å². The quantitative estimate of drug-likeness (QED) is 0.685. The fraction of sp³-hybridized carbons (Fsp3) is 0.333. The third-order valence-corrected chi connectivity index (χ3v) is 7.54. The highest BCUT2D eigenvalue weighted by Gasteiger charge is 2.29. The molecule has 148 valence electrons. The van der Waals surface area contributed by atoms with E-state index in [0.29, 0.717) is 29.5 Å². The first-order chi connectivity index (χ1) is 13.4. The van der Waals surface area contributed by atoms with Crippen molar-refractivity contribution in [1.29, 1.82) is 0 Å². The summed E-state index contributed by atoms with van der Waals surface area (Å²) in [4.78, 5) is 17.3. The highest BCUT2D eigenvalue weighted by Crippen LogP contribution is 2.32. The Bertz CT molecular complexity index is 1140. The van der Waals surface area contributed by atoms with Crippen molar-refractivity contribution in [2.45, 2.75) is 17.7 Å². The molecule has 10 heteroatoms. The predicted molar refractivity (Wildman–Crippen MR) is 108 cm³/mol. The number of nitrogens with zero attached hydrogens (tertiary/aromatic N) is 3. The van der Waals surface area contributed by atoms with Crippen molar-refractivity contribution < 1.29 is 17.9 Å². The molecule has 0 aliphatic carbocycles. The van der Waals surface area contributed by atoms with Crippen LogP contribution in [0.15, 0.2) is 35.4 Å². The molecule has 0 unspecified atom stereocenters. The molecule has 0 atom stereocenters. The lowest BCUT2D eigenvalue weighted by atomic mass is 10.3. The van der Waals surface area contributed by atoms with Gasteiger partial charge in [0, 0.05) is 26.3 Å². The van der Waals surface area contributed by atoms with Crippen LogP contribution in [0.2, 0.25) is 0 Å². The van der Waals surface area contributed by atoms with E-state index in [0.717, 1.165) is 17.5 Å². The lowest BCUT2D eigenvalue weighted by molar-refractivity contribution is 0.101. The second kappa shape index (κ2) is 7.19. The number of carbonyl (C=O) groups is 1. The summed E-state index contributed by atoms with van der Waals surface area (Å²) in [6, 6.07) is 6.98. The smallest absolute Gasteiger partial charge is 0.274 e. The Morgan fingerprint density at radius 2 is 2.04 bits per heavy atom. The summed E-state index contributed by atoms with van der Waals surface area (Å²) in [5.74, 6) is 0.218. The van der Waals surface area contributed by atoms with Crippen LogP contribution in [-0.2, 0) is 17.1 Å². The van der Waals surface area contributed by atoms with Gasteiger partial charge in [-0.05, 0) is 31.0 Å². The Morgan fingerprint density at radius 3 is 2.75 bits per heavy atom. The summed E-state index contributed by atoms with van der Waals surface area (Å²) in [5.41, 5.74) is 0.929. The Morgan fingerprint density at radius 1 is 1.29 bits per heavy atom. The van der Waals surface area contributed by atoms with Crippen LogP contribution in [0.25, 0.3) is 10.2 Å². The molecule has 3 heterocycles. The number of fused-ring (bicyclic) bond motifs is 1. The summed E-state index contributed by atoms with van der Waals surface area (Å²) in [6.45, 7) is 1.04. The molecule has 0 spiro atoms. The number of benzene rings is 1. The molecular formula is C18H20N4O4S2. The van der Waals surface area contributed by atoms with Gasteiger partial charge in [-0.15, -0.1) is 0 Å². The number of sulfonamides is 1. The molecule has 1 aliphatic heterocycles. The number of hydrogen-bond acceptors (Lipinski definition) is 6. The molecule has 0 saturated carbocycles. The van der Waals surface area contributed by atoms with Gasteiger partial charge in [0.2, 0.25) is 10.0 Å². The molecule has 8 nitrogen and oxygen atoms in total. The summed E-state index contributed by atoms with van der Waals surface area (Å²) >= 11 is 1.33. The third kappa shape index (κ3) is 3.27. The Balaban J connectivity index is 1.60. The molecule has 1 aliphatic rings. The monoisotopic (exact) mass is 420 g/mol. The van der Waals surface area contributed by atoms with Crippen LogP contribution in [0.5, 0.6) is 5.75 Å². The van der Waals surface area contributed by atoms with E-state index in [1.165, 1.54) is 32.5 Å². The highest BCUT2D eigenvalue weighted by molar-refractivity contribution is 7.89. The number of para-hydroxylation sites is 1. The molecule has 1 N–H and O–H groups in total. The number of aryl methyl sites for hydroxylation is 1. The van der Waals surface area contributed by atoms with Crippen molar-refractivity contribution in [2.75, 3.05) is 25.5 Å². The minimum absolute atomic E-state index is 0.132. The fourth-order valence-corrected chi connectivity index (χ4v) is 5.75. The van der Waals surface area contributed by atoms with E-state index in [9.17, 15) is 13.2 Å². The van der Waals surface area contributed by atoms with Gasteiger partial charge in [0.1, 0.15) is 21.9 Å². The van der Waals surface area contributed by atoms with E-state index in [2.05, 4.69) is 10.3 Å². The molecule has 2 aromatic heterocycles. The zero-order chi connectivity index (χ0) is 19.9. The number of aromatic nitrogens is 2. The molecule has 1 amide bonds. The normalized spacial score (nSPS) is 15.2. The third-order valence-electron chi connectivity index (χ3n) is 4.74.